The molecule has 0 spiro atoms. The molecule has 3 rings (SSSR count). The second-order valence-corrected chi connectivity index (χ2v) is 6.55. The molecule has 1 aliphatic rings. The molecule has 0 unspecified atom stereocenters. The molecule has 0 N–H and O–H groups in total. The van der Waals surface area contributed by atoms with Crippen molar-refractivity contribution in [3.8, 4) is 0 Å². The predicted molar refractivity (Wildman–Crippen MR) is 90.7 cm³/mol. The van der Waals surface area contributed by atoms with Gasteiger partial charge in [0.15, 0.2) is 4.80 Å². The van der Waals surface area contributed by atoms with Crippen LogP contribution in [0.25, 0.3) is 0 Å². The monoisotopic (exact) mass is 317 g/mol. The van der Waals surface area contributed by atoms with Crippen LogP contribution >= 0.6 is 11.3 Å². The number of aromatic nitrogens is 1. The summed E-state index contributed by atoms with van der Waals surface area (Å²) in [5, 5.41) is 2.19. The van der Waals surface area contributed by atoms with Crippen molar-refractivity contribution >= 4 is 17.0 Å². The van der Waals surface area contributed by atoms with Crippen molar-refractivity contribution in [2.24, 2.45) is 4.99 Å². The first-order valence-corrected chi connectivity index (χ1v) is 8.67. The van der Waals surface area contributed by atoms with Gasteiger partial charge < -0.3 is 9.30 Å². The smallest absolute Gasteiger partial charge is 0.190 e. The molecular weight excluding hydrogens is 294 g/mol. The Kier molecular flexibility index (Phi) is 5.08. The largest absolute Gasteiger partial charge is 0.379 e. The van der Waals surface area contributed by atoms with E-state index in [1.165, 1.54) is 11.3 Å². The lowest BCUT2D eigenvalue weighted by molar-refractivity contribution is 0.0362. The summed E-state index contributed by atoms with van der Waals surface area (Å²) in [6, 6.07) is 8.38. The summed E-state index contributed by atoms with van der Waals surface area (Å²) < 4.78 is 7.73. The van der Waals surface area contributed by atoms with Crippen molar-refractivity contribution in [3.63, 3.8) is 0 Å². The van der Waals surface area contributed by atoms with Crippen molar-refractivity contribution in [2.75, 3.05) is 32.8 Å². The average molecular weight is 317 g/mol. The van der Waals surface area contributed by atoms with Gasteiger partial charge in [-0.3, -0.25) is 4.90 Å². The summed E-state index contributed by atoms with van der Waals surface area (Å²) in [6.07, 6.45) is 0. The molecule has 0 aliphatic carbocycles. The van der Waals surface area contributed by atoms with Crippen molar-refractivity contribution in [1.82, 2.24) is 9.47 Å². The normalized spacial score (nSPS) is 17.1. The molecule has 22 heavy (non-hydrogen) atoms. The van der Waals surface area contributed by atoms with E-state index in [9.17, 15) is 0 Å². The highest BCUT2D eigenvalue weighted by Crippen LogP contribution is 2.12. The van der Waals surface area contributed by atoms with Crippen LogP contribution in [0.5, 0.6) is 0 Å². The number of aryl methyl sites for hydroxylation is 2. The van der Waals surface area contributed by atoms with E-state index in [1.807, 2.05) is 0 Å². The number of thiazole rings is 1. The Hall–Kier alpha value is -1.43. The van der Waals surface area contributed by atoms with Gasteiger partial charge in [-0.1, -0.05) is 17.7 Å². The van der Waals surface area contributed by atoms with Gasteiger partial charge >= 0.3 is 0 Å². The molecule has 0 amide bonds. The zero-order valence-electron chi connectivity index (χ0n) is 13.3. The lowest BCUT2D eigenvalue weighted by Crippen LogP contribution is -2.39. The standard InChI is InChI=1S/C17H23N3OS/c1-14-3-5-16(6-4-14)18-17-20(15(2)13-22-17)8-7-19-9-11-21-12-10-19/h3-6,13H,7-12H2,1-2H3. The molecule has 118 valence electrons. The fourth-order valence-electron chi connectivity index (χ4n) is 2.57. The number of rotatable bonds is 4. The Morgan fingerprint density at radius 3 is 2.55 bits per heavy atom. The van der Waals surface area contributed by atoms with Crippen LogP contribution in [0.4, 0.5) is 5.69 Å². The zero-order chi connectivity index (χ0) is 15.4. The van der Waals surface area contributed by atoms with Crippen LogP contribution in [0.15, 0.2) is 34.6 Å². The second-order valence-electron chi connectivity index (χ2n) is 5.71. The topological polar surface area (TPSA) is 29.8 Å². The molecule has 5 heteroatoms. The average Bonchev–Trinajstić information content (AvgIpc) is 2.89. The molecule has 1 aliphatic heterocycles. The molecule has 1 saturated heterocycles. The van der Waals surface area contributed by atoms with Crippen LogP contribution in [-0.4, -0.2) is 42.3 Å². The highest BCUT2D eigenvalue weighted by Gasteiger charge is 2.11. The van der Waals surface area contributed by atoms with Crippen LogP contribution in [0.2, 0.25) is 0 Å². The first-order chi connectivity index (χ1) is 10.7. The number of benzene rings is 1. The minimum Gasteiger partial charge on any atom is -0.379 e. The maximum absolute atomic E-state index is 5.41. The third-order valence-corrected chi connectivity index (χ3v) is 4.98. The molecule has 1 aromatic carbocycles. The van der Waals surface area contributed by atoms with Gasteiger partial charge in [0, 0.05) is 37.3 Å². The Bertz CT molecular complexity index is 666. The molecule has 4 nitrogen and oxygen atoms in total. The summed E-state index contributed by atoms with van der Waals surface area (Å²) in [5.41, 5.74) is 3.57. The third kappa shape index (κ3) is 3.85. The summed E-state index contributed by atoms with van der Waals surface area (Å²) in [7, 11) is 0. The lowest BCUT2D eigenvalue weighted by Gasteiger charge is -2.26. The van der Waals surface area contributed by atoms with Crippen molar-refractivity contribution in [3.05, 3.63) is 45.7 Å². The van der Waals surface area contributed by atoms with Gasteiger partial charge in [0.25, 0.3) is 0 Å². The van der Waals surface area contributed by atoms with Crippen LogP contribution in [0.1, 0.15) is 11.3 Å². The van der Waals surface area contributed by atoms with Crippen LogP contribution in [-0.2, 0) is 11.3 Å². The van der Waals surface area contributed by atoms with Gasteiger partial charge in [0.05, 0.1) is 18.9 Å². The van der Waals surface area contributed by atoms with E-state index in [1.54, 1.807) is 11.3 Å². The van der Waals surface area contributed by atoms with E-state index in [0.717, 1.165) is 49.9 Å². The van der Waals surface area contributed by atoms with Gasteiger partial charge in [0.1, 0.15) is 0 Å². The van der Waals surface area contributed by atoms with E-state index in [4.69, 9.17) is 9.73 Å². The zero-order valence-corrected chi connectivity index (χ0v) is 14.1. The highest BCUT2D eigenvalue weighted by atomic mass is 32.1. The number of nitrogens with zero attached hydrogens (tertiary/aromatic N) is 3. The molecule has 2 heterocycles. The SMILES string of the molecule is Cc1ccc(N=c2scc(C)n2CCN2CCOCC2)cc1. The molecule has 1 aromatic heterocycles. The van der Waals surface area contributed by atoms with E-state index in [2.05, 4.69) is 53.0 Å². The molecule has 0 bridgehead atoms. The van der Waals surface area contributed by atoms with Gasteiger partial charge in [-0.25, -0.2) is 4.99 Å². The molecule has 0 radical (unpaired) electrons. The maximum atomic E-state index is 5.41. The Morgan fingerprint density at radius 2 is 1.82 bits per heavy atom. The number of hydrogen-bond acceptors (Lipinski definition) is 4. The summed E-state index contributed by atoms with van der Waals surface area (Å²) in [5.74, 6) is 0. The van der Waals surface area contributed by atoms with Crippen LogP contribution < -0.4 is 4.80 Å². The van der Waals surface area contributed by atoms with E-state index < -0.39 is 0 Å². The first kappa shape index (κ1) is 15.5. The molecule has 2 aromatic rings. The van der Waals surface area contributed by atoms with E-state index >= 15 is 0 Å². The summed E-state index contributed by atoms with van der Waals surface area (Å²) >= 11 is 1.71. The Labute approximate surface area is 135 Å². The lowest BCUT2D eigenvalue weighted by atomic mass is 10.2. The van der Waals surface area contributed by atoms with Gasteiger partial charge in [0.2, 0.25) is 0 Å². The third-order valence-electron chi connectivity index (χ3n) is 3.99. The predicted octanol–water partition coefficient (Wildman–Crippen LogP) is 2.73. The summed E-state index contributed by atoms with van der Waals surface area (Å²) in [6.45, 7) is 10.1. The second kappa shape index (κ2) is 7.22. The highest BCUT2D eigenvalue weighted by molar-refractivity contribution is 7.07. The fraction of sp³-hybridized carbons (Fsp3) is 0.471. The van der Waals surface area contributed by atoms with Gasteiger partial charge in [-0.05, 0) is 26.0 Å². The number of hydrogen-bond donors (Lipinski definition) is 0. The number of morpholine rings is 1. The minimum atomic E-state index is 0.855. The van der Waals surface area contributed by atoms with Crippen molar-refractivity contribution in [1.29, 1.82) is 0 Å². The van der Waals surface area contributed by atoms with E-state index in [-0.39, 0.29) is 0 Å². The number of ether oxygens (including phenoxy) is 1. The molecule has 0 saturated carbocycles. The Balaban J connectivity index is 1.76. The van der Waals surface area contributed by atoms with Crippen molar-refractivity contribution in [2.45, 2.75) is 20.4 Å². The molecule has 1 fully saturated rings. The van der Waals surface area contributed by atoms with E-state index in [0.29, 0.717) is 0 Å². The summed E-state index contributed by atoms with van der Waals surface area (Å²) in [4.78, 5) is 8.34. The quantitative estimate of drug-likeness (QED) is 0.868. The van der Waals surface area contributed by atoms with Gasteiger partial charge in [-0.15, -0.1) is 11.3 Å². The fourth-order valence-corrected chi connectivity index (χ4v) is 3.49. The van der Waals surface area contributed by atoms with Crippen LogP contribution in [0, 0.1) is 13.8 Å². The molecule has 0 atom stereocenters. The molecular formula is C17H23N3OS. The van der Waals surface area contributed by atoms with Crippen LogP contribution in [0.3, 0.4) is 0 Å². The minimum absolute atomic E-state index is 0.855. The van der Waals surface area contributed by atoms with Gasteiger partial charge in [-0.2, -0.15) is 0 Å². The Morgan fingerprint density at radius 1 is 1.09 bits per heavy atom. The maximum Gasteiger partial charge on any atom is 0.190 e. The van der Waals surface area contributed by atoms with Crippen molar-refractivity contribution < 1.29 is 4.74 Å². The first-order valence-electron chi connectivity index (χ1n) is 7.79.